The Balaban J connectivity index is 1.48. The van der Waals surface area contributed by atoms with Crippen LogP contribution in [0.4, 0.5) is 4.79 Å². The highest BCUT2D eigenvalue weighted by molar-refractivity contribution is 6.03. The lowest BCUT2D eigenvalue weighted by molar-refractivity contribution is -0.127. The van der Waals surface area contributed by atoms with Gasteiger partial charge in [-0.2, -0.15) is 0 Å². The van der Waals surface area contributed by atoms with E-state index in [0.717, 1.165) is 18.7 Å². The second-order valence-electron chi connectivity index (χ2n) is 8.68. The summed E-state index contributed by atoms with van der Waals surface area (Å²) >= 11 is 0. The molecule has 2 saturated heterocycles. The Bertz CT molecular complexity index is 903. The maximum absolute atomic E-state index is 12.8. The molecule has 3 aliphatic rings. The van der Waals surface area contributed by atoms with E-state index in [9.17, 15) is 19.8 Å². The molecule has 33 heavy (non-hydrogen) atoms. The molecular weight excluding hydrogens is 428 g/mol. The molecule has 11 heteroatoms. The molecule has 4 rings (SSSR count). The number of ether oxygens (including phenoxy) is 1. The highest BCUT2D eigenvalue weighted by Gasteiger charge is 2.50. The first-order chi connectivity index (χ1) is 15.9. The summed E-state index contributed by atoms with van der Waals surface area (Å²) in [6.07, 6.45) is -1.53. The molecule has 0 aliphatic carbocycles. The number of β-amino-alcohol motifs (C(OH)–C–C–N with tert-alkyl or cyclic N) is 2. The smallest absolute Gasteiger partial charge is 0.325 e. The lowest BCUT2D eigenvalue weighted by atomic mass is 10.1. The third-order valence-electron chi connectivity index (χ3n) is 6.25. The molecule has 0 bridgehead atoms. The average molecular weight is 461 g/mol. The molecule has 3 unspecified atom stereocenters. The largest absolute Gasteiger partial charge is 0.491 e. The van der Waals surface area contributed by atoms with E-state index in [4.69, 9.17) is 9.73 Å². The van der Waals surface area contributed by atoms with Crippen LogP contribution in [0.3, 0.4) is 0 Å². The molecule has 3 amide bonds. The van der Waals surface area contributed by atoms with Crippen molar-refractivity contribution >= 4 is 17.9 Å². The lowest BCUT2D eigenvalue weighted by Gasteiger charge is -2.40. The summed E-state index contributed by atoms with van der Waals surface area (Å²) in [5.41, 5.74) is 1.06. The highest BCUT2D eigenvalue weighted by Crippen LogP contribution is 2.26. The van der Waals surface area contributed by atoms with Crippen molar-refractivity contribution in [3.8, 4) is 5.75 Å². The number of aliphatic hydroxyl groups excluding tert-OH is 2. The van der Waals surface area contributed by atoms with E-state index in [0.29, 0.717) is 31.3 Å². The molecule has 0 saturated carbocycles. The number of fused-ring (bicyclic) bond motifs is 1. The summed E-state index contributed by atoms with van der Waals surface area (Å²) in [7, 11) is 1.61. The Morgan fingerprint density at radius 3 is 2.70 bits per heavy atom. The number of aryl methyl sites for hydroxylation is 1. The number of rotatable bonds is 7. The van der Waals surface area contributed by atoms with Gasteiger partial charge >= 0.3 is 6.03 Å². The molecule has 3 atom stereocenters. The van der Waals surface area contributed by atoms with Gasteiger partial charge in [-0.3, -0.25) is 15.0 Å². The van der Waals surface area contributed by atoms with Crippen molar-refractivity contribution in [2.45, 2.75) is 25.2 Å². The van der Waals surface area contributed by atoms with Crippen molar-refractivity contribution in [1.29, 1.82) is 0 Å². The first-order valence-corrected chi connectivity index (χ1v) is 11.2. The van der Waals surface area contributed by atoms with Crippen LogP contribution in [-0.2, 0) is 4.79 Å². The Kier molecular flexibility index (Phi) is 7.01. The van der Waals surface area contributed by atoms with Crippen LogP contribution >= 0.6 is 0 Å². The van der Waals surface area contributed by atoms with Crippen LogP contribution in [0.15, 0.2) is 29.3 Å². The van der Waals surface area contributed by atoms with Gasteiger partial charge < -0.3 is 29.6 Å². The Morgan fingerprint density at radius 2 is 2.00 bits per heavy atom. The number of guanidine groups is 1. The molecular formula is C22H32N6O5. The van der Waals surface area contributed by atoms with Gasteiger partial charge in [0.15, 0.2) is 18.2 Å². The zero-order chi connectivity index (χ0) is 23.5. The lowest BCUT2D eigenvalue weighted by Crippen LogP contribution is -2.65. The van der Waals surface area contributed by atoms with Gasteiger partial charge in [-0.1, -0.05) is 12.1 Å². The third kappa shape index (κ3) is 5.05. The Labute approximate surface area is 193 Å². The molecule has 1 aromatic rings. The van der Waals surface area contributed by atoms with E-state index in [2.05, 4.69) is 15.1 Å². The van der Waals surface area contributed by atoms with Gasteiger partial charge in [0.2, 0.25) is 0 Å². The monoisotopic (exact) mass is 460 g/mol. The SMILES string of the molecule is Cc1cccc(OCC(O)CN2C(N3CCN(CCO)CC3)=NC3C2C(=O)NC(=O)N3C)c1. The number of aliphatic hydroxyl groups is 2. The van der Waals surface area contributed by atoms with Crippen molar-refractivity contribution in [2.24, 2.45) is 4.99 Å². The minimum Gasteiger partial charge on any atom is -0.491 e. The molecule has 3 heterocycles. The zero-order valence-corrected chi connectivity index (χ0v) is 19.1. The van der Waals surface area contributed by atoms with Gasteiger partial charge in [0.05, 0.1) is 13.2 Å². The topological polar surface area (TPSA) is 121 Å². The fourth-order valence-electron chi connectivity index (χ4n) is 4.46. The van der Waals surface area contributed by atoms with E-state index >= 15 is 0 Å². The maximum atomic E-state index is 12.8. The first-order valence-electron chi connectivity index (χ1n) is 11.2. The van der Waals surface area contributed by atoms with Gasteiger partial charge in [-0.05, 0) is 24.6 Å². The predicted octanol–water partition coefficient (Wildman–Crippen LogP) is -1.11. The van der Waals surface area contributed by atoms with Crippen LogP contribution in [0.5, 0.6) is 5.75 Å². The summed E-state index contributed by atoms with van der Waals surface area (Å²) < 4.78 is 5.76. The summed E-state index contributed by atoms with van der Waals surface area (Å²) in [5.74, 6) is 0.843. The maximum Gasteiger partial charge on any atom is 0.325 e. The number of piperazine rings is 1. The number of nitrogens with zero attached hydrogens (tertiary/aromatic N) is 5. The molecule has 11 nitrogen and oxygen atoms in total. The molecule has 0 radical (unpaired) electrons. The van der Waals surface area contributed by atoms with Crippen LogP contribution < -0.4 is 10.1 Å². The second-order valence-corrected chi connectivity index (χ2v) is 8.68. The quantitative estimate of drug-likeness (QED) is 0.469. The van der Waals surface area contributed by atoms with Crippen LogP contribution in [0.25, 0.3) is 0 Å². The summed E-state index contributed by atoms with van der Waals surface area (Å²) in [4.78, 5) is 37.1. The number of benzene rings is 1. The van der Waals surface area contributed by atoms with Gasteiger partial charge in [0.25, 0.3) is 5.91 Å². The van der Waals surface area contributed by atoms with E-state index in [1.807, 2.05) is 31.2 Å². The number of imide groups is 1. The minimum atomic E-state index is -0.874. The van der Waals surface area contributed by atoms with E-state index in [1.54, 1.807) is 11.9 Å². The number of likely N-dealkylation sites (N-methyl/N-ethyl adjacent to an activating group) is 1. The highest BCUT2D eigenvalue weighted by atomic mass is 16.5. The number of aliphatic imine (C=N–C) groups is 1. The van der Waals surface area contributed by atoms with Gasteiger partial charge in [-0.25, -0.2) is 9.79 Å². The number of carbonyl (C=O) groups excluding carboxylic acids is 2. The van der Waals surface area contributed by atoms with Crippen LogP contribution in [0, 0.1) is 6.92 Å². The standard InChI is InChI=1S/C22H32N6O5/c1-15-4-3-5-17(12-15)33-14-16(30)13-28-18-19(25(2)22(32)24-20(18)31)23-21(28)27-8-6-26(7-9-27)10-11-29/h3-5,12,16,18-19,29-30H,6-11,13-14H2,1-2H3,(H,24,31,32). The number of carbonyl (C=O) groups is 2. The van der Waals surface area contributed by atoms with Gasteiger partial charge in [-0.15, -0.1) is 0 Å². The molecule has 2 fully saturated rings. The molecule has 3 aliphatic heterocycles. The van der Waals surface area contributed by atoms with Crippen LogP contribution in [0.1, 0.15) is 5.56 Å². The molecule has 0 aromatic heterocycles. The Morgan fingerprint density at radius 1 is 1.24 bits per heavy atom. The van der Waals surface area contributed by atoms with Crippen molar-refractivity contribution in [1.82, 2.24) is 24.9 Å². The van der Waals surface area contributed by atoms with Crippen molar-refractivity contribution in [2.75, 3.05) is 59.5 Å². The van der Waals surface area contributed by atoms with Gasteiger partial charge in [0, 0.05) is 39.8 Å². The number of urea groups is 1. The van der Waals surface area contributed by atoms with E-state index in [1.165, 1.54) is 4.90 Å². The molecule has 180 valence electrons. The van der Waals surface area contributed by atoms with E-state index < -0.39 is 30.2 Å². The number of amides is 3. The van der Waals surface area contributed by atoms with Gasteiger partial charge in [0.1, 0.15) is 18.5 Å². The minimum absolute atomic E-state index is 0.0608. The molecule has 1 aromatic carbocycles. The average Bonchev–Trinajstić information content (AvgIpc) is 3.17. The Hall–Kier alpha value is -2.89. The number of nitrogens with one attached hydrogen (secondary N) is 1. The number of hydrogen-bond donors (Lipinski definition) is 3. The predicted molar refractivity (Wildman–Crippen MR) is 121 cm³/mol. The van der Waals surface area contributed by atoms with Crippen LogP contribution in [-0.4, -0.2) is 126 Å². The fraction of sp³-hybridized carbons (Fsp3) is 0.591. The van der Waals surface area contributed by atoms with E-state index in [-0.39, 0.29) is 19.8 Å². The zero-order valence-electron chi connectivity index (χ0n) is 19.1. The third-order valence-corrected chi connectivity index (χ3v) is 6.25. The normalized spacial score (nSPS) is 24.5. The van der Waals surface area contributed by atoms with Crippen molar-refractivity contribution < 1.29 is 24.5 Å². The first kappa shape index (κ1) is 23.3. The second kappa shape index (κ2) is 9.94. The van der Waals surface area contributed by atoms with Crippen molar-refractivity contribution in [3.63, 3.8) is 0 Å². The van der Waals surface area contributed by atoms with Crippen LogP contribution in [0.2, 0.25) is 0 Å². The van der Waals surface area contributed by atoms with Crippen molar-refractivity contribution in [3.05, 3.63) is 29.8 Å². The molecule has 0 spiro atoms. The summed E-state index contributed by atoms with van der Waals surface area (Å²) in [5, 5.41) is 22.4. The molecule has 3 N–H and O–H groups in total. The summed E-state index contributed by atoms with van der Waals surface area (Å²) in [6.45, 7) is 5.74. The fourth-order valence-corrected chi connectivity index (χ4v) is 4.46. The summed E-state index contributed by atoms with van der Waals surface area (Å²) in [6, 6.07) is 6.39. The number of hydrogen-bond acceptors (Lipinski definition) is 9.